The lowest BCUT2D eigenvalue weighted by atomic mass is 10.0. The van der Waals surface area contributed by atoms with Gasteiger partial charge in [0.15, 0.2) is 5.11 Å². The quantitative estimate of drug-likeness (QED) is 0.598. The summed E-state index contributed by atoms with van der Waals surface area (Å²) in [6, 6.07) is 19.4. The fourth-order valence-corrected chi connectivity index (χ4v) is 4.10. The lowest BCUT2D eigenvalue weighted by Gasteiger charge is -2.32. The molecule has 150 valence electrons. The van der Waals surface area contributed by atoms with Gasteiger partial charge in [-0.25, -0.2) is 0 Å². The molecule has 1 aliphatic heterocycles. The SMILES string of the molecule is COc1ccc([C@@H](CNC(=S)NCCc2ccccc2)[NH+]2CCCCC2)cc1. The number of rotatable bonds is 8. The Bertz CT molecular complexity index is 714. The maximum Gasteiger partial charge on any atom is 0.166 e. The zero-order valence-electron chi connectivity index (χ0n) is 16.7. The summed E-state index contributed by atoms with van der Waals surface area (Å²) in [5.41, 5.74) is 2.67. The second kappa shape index (κ2) is 11.0. The Labute approximate surface area is 174 Å². The van der Waals surface area contributed by atoms with Crippen LogP contribution in [-0.4, -0.2) is 38.4 Å². The second-order valence-corrected chi connectivity index (χ2v) is 7.83. The first-order valence-electron chi connectivity index (χ1n) is 10.3. The predicted octanol–water partition coefficient (Wildman–Crippen LogP) is 2.51. The van der Waals surface area contributed by atoms with Crippen LogP contribution in [0.15, 0.2) is 54.6 Å². The van der Waals surface area contributed by atoms with Crippen molar-refractivity contribution in [1.29, 1.82) is 0 Å². The van der Waals surface area contributed by atoms with Crippen molar-refractivity contribution in [3.05, 3.63) is 65.7 Å². The number of hydrogen-bond donors (Lipinski definition) is 3. The number of ether oxygens (including phenoxy) is 1. The topological polar surface area (TPSA) is 37.7 Å². The fraction of sp³-hybridized carbons (Fsp3) is 0.435. The molecule has 2 aromatic carbocycles. The largest absolute Gasteiger partial charge is 0.497 e. The molecule has 0 aliphatic carbocycles. The molecule has 0 unspecified atom stereocenters. The third kappa shape index (κ3) is 6.21. The molecular formula is C23H32N3OS+. The molecule has 0 spiro atoms. The van der Waals surface area contributed by atoms with Crippen molar-refractivity contribution in [3.8, 4) is 5.75 Å². The predicted molar refractivity (Wildman–Crippen MR) is 119 cm³/mol. The van der Waals surface area contributed by atoms with Crippen LogP contribution in [0.2, 0.25) is 0 Å². The molecule has 5 heteroatoms. The molecule has 1 saturated heterocycles. The summed E-state index contributed by atoms with van der Waals surface area (Å²) in [5.74, 6) is 0.905. The first kappa shape index (κ1) is 20.6. The lowest BCUT2D eigenvalue weighted by Crippen LogP contribution is -3.13. The maximum absolute atomic E-state index is 5.53. The fourth-order valence-electron chi connectivity index (χ4n) is 3.91. The second-order valence-electron chi connectivity index (χ2n) is 7.42. The van der Waals surface area contributed by atoms with Gasteiger partial charge in [0.1, 0.15) is 11.8 Å². The number of benzene rings is 2. The number of thiocarbonyl (C=S) groups is 1. The van der Waals surface area contributed by atoms with E-state index in [-0.39, 0.29) is 0 Å². The standard InChI is InChI=1S/C23H31N3OS/c1-27-21-12-10-20(11-13-21)22(26-16-6-3-7-17-26)18-25-23(28)24-15-14-19-8-4-2-5-9-19/h2,4-5,8-13,22H,3,6-7,14-18H2,1H3,(H2,24,25,28)/p+1/t22-/m1/s1. The van der Waals surface area contributed by atoms with Gasteiger partial charge in [0.05, 0.1) is 26.7 Å². The summed E-state index contributed by atoms with van der Waals surface area (Å²) >= 11 is 5.53. The normalized spacial score (nSPS) is 15.6. The molecule has 1 heterocycles. The summed E-state index contributed by atoms with van der Waals surface area (Å²) in [6.07, 6.45) is 4.94. The average Bonchev–Trinajstić information content (AvgIpc) is 2.76. The van der Waals surface area contributed by atoms with Crippen LogP contribution in [-0.2, 0) is 6.42 Å². The van der Waals surface area contributed by atoms with E-state index in [0.717, 1.165) is 30.4 Å². The van der Waals surface area contributed by atoms with Crippen molar-refractivity contribution in [2.45, 2.75) is 31.7 Å². The van der Waals surface area contributed by atoms with Gasteiger partial charge in [-0.1, -0.05) is 30.3 Å². The third-order valence-electron chi connectivity index (χ3n) is 5.52. The molecule has 3 N–H and O–H groups in total. The monoisotopic (exact) mass is 398 g/mol. The van der Waals surface area contributed by atoms with Crippen LogP contribution in [0.25, 0.3) is 0 Å². The van der Waals surface area contributed by atoms with Crippen LogP contribution in [0.3, 0.4) is 0 Å². The Balaban J connectivity index is 1.53. The smallest absolute Gasteiger partial charge is 0.166 e. The number of piperidine rings is 1. The van der Waals surface area contributed by atoms with Gasteiger partial charge in [-0.15, -0.1) is 0 Å². The molecule has 28 heavy (non-hydrogen) atoms. The Morgan fingerprint density at radius 1 is 1.00 bits per heavy atom. The van der Waals surface area contributed by atoms with E-state index in [4.69, 9.17) is 17.0 Å². The van der Waals surface area contributed by atoms with Crippen molar-refractivity contribution in [1.82, 2.24) is 10.6 Å². The van der Waals surface area contributed by atoms with Gasteiger partial charge in [0.25, 0.3) is 0 Å². The number of likely N-dealkylation sites (tertiary alicyclic amines) is 1. The van der Waals surface area contributed by atoms with Crippen LogP contribution in [0, 0.1) is 0 Å². The number of methoxy groups -OCH3 is 1. The molecule has 0 bridgehead atoms. The minimum absolute atomic E-state index is 0.403. The van der Waals surface area contributed by atoms with E-state index >= 15 is 0 Å². The summed E-state index contributed by atoms with van der Waals surface area (Å²) in [7, 11) is 1.71. The molecule has 1 fully saturated rings. The average molecular weight is 399 g/mol. The highest BCUT2D eigenvalue weighted by Crippen LogP contribution is 2.16. The van der Waals surface area contributed by atoms with Gasteiger partial charge in [0.2, 0.25) is 0 Å². The van der Waals surface area contributed by atoms with E-state index in [2.05, 4.69) is 59.2 Å². The molecule has 0 amide bonds. The van der Waals surface area contributed by atoms with Gasteiger partial charge >= 0.3 is 0 Å². The van der Waals surface area contributed by atoms with E-state index in [1.165, 1.54) is 43.5 Å². The molecule has 2 aromatic rings. The van der Waals surface area contributed by atoms with Crippen molar-refractivity contribution in [2.24, 2.45) is 0 Å². The Morgan fingerprint density at radius 2 is 1.71 bits per heavy atom. The summed E-state index contributed by atoms with van der Waals surface area (Å²) in [6.45, 7) is 4.15. The number of nitrogens with one attached hydrogen (secondary N) is 3. The first-order valence-corrected chi connectivity index (χ1v) is 10.7. The van der Waals surface area contributed by atoms with Gasteiger partial charge in [-0.3, -0.25) is 0 Å². The third-order valence-corrected chi connectivity index (χ3v) is 5.80. The summed E-state index contributed by atoms with van der Waals surface area (Å²) in [5, 5.41) is 7.55. The molecular weight excluding hydrogens is 366 g/mol. The summed E-state index contributed by atoms with van der Waals surface area (Å²) < 4.78 is 5.32. The van der Waals surface area contributed by atoms with E-state index in [1.807, 2.05) is 6.07 Å². The van der Waals surface area contributed by atoms with Crippen molar-refractivity contribution in [3.63, 3.8) is 0 Å². The van der Waals surface area contributed by atoms with Gasteiger partial charge < -0.3 is 20.3 Å². The molecule has 1 aliphatic rings. The van der Waals surface area contributed by atoms with E-state index < -0.39 is 0 Å². The van der Waals surface area contributed by atoms with Gasteiger partial charge in [0, 0.05) is 12.1 Å². The van der Waals surface area contributed by atoms with Gasteiger partial charge in [-0.2, -0.15) is 0 Å². The van der Waals surface area contributed by atoms with E-state index in [1.54, 1.807) is 12.0 Å². The zero-order chi connectivity index (χ0) is 19.6. The summed E-state index contributed by atoms with van der Waals surface area (Å²) in [4.78, 5) is 1.65. The highest BCUT2D eigenvalue weighted by Gasteiger charge is 2.26. The lowest BCUT2D eigenvalue weighted by molar-refractivity contribution is -0.934. The Morgan fingerprint density at radius 3 is 2.39 bits per heavy atom. The Hall–Kier alpha value is -2.11. The maximum atomic E-state index is 5.53. The number of hydrogen-bond acceptors (Lipinski definition) is 2. The van der Waals surface area contributed by atoms with Crippen LogP contribution in [0.4, 0.5) is 0 Å². The zero-order valence-corrected chi connectivity index (χ0v) is 17.6. The van der Waals surface area contributed by atoms with Crippen molar-refractivity contribution >= 4 is 17.3 Å². The van der Waals surface area contributed by atoms with Crippen molar-refractivity contribution < 1.29 is 9.64 Å². The molecule has 1 atom stereocenters. The number of quaternary nitrogens is 1. The van der Waals surface area contributed by atoms with Crippen LogP contribution < -0.4 is 20.3 Å². The highest BCUT2D eigenvalue weighted by molar-refractivity contribution is 7.80. The van der Waals surface area contributed by atoms with E-state index in [0.29, 0.717) is 6.04 Å². The molecule has 0 radical (unpaired) electrons. The minimum atomic E-state index is 0.403. The van der Waals surface area contributed by atoms with Crippen LogP contribution >= 0.6 is 12.2 Å². The molecule has 0 saturated carbocycles. The molecule has 4 nitrogen and oxygen atoms in total. The molecule has 0 aromatic heterocycles. The first-order chi connectivity index (χ1) is 13.8. The van der Waals surface area contributed by atoms with E-state index in [9.17, 15) is 0 Å². The Kier molecular flexibility index (Phi) is 8.12. The van der Waals surface area contributed by atoms with Gasteiger partial charge in [-0.05, 0) is 67.7 Å². The minimum Gasteiger partial charge on any atom is -0.497 e. The highest BCUT2D eigenvalue weighted by atomic mass is 32.1. The van der Waals surface area contributed by atoms with Crippen LogP contribution in [0.5, 0.6) is 5.75 Å². The molecule has 3 rings (SSSR count). The van der Waals surface area contributed by atoms with Crippen LogP contribution in [0.1, 0.15) is 36.4 Å². The van der Waals surface area contributed by atoms with Crippen molar-refractivity contribution in [2.75, 3.05) is 33.3 Å².